The van der Waals surface area contributed by atoms with Crippen LogP contribution in [-0.4, -0.2) is 15.5 Å². The van der Waals surface area contributed by atoms with Crippen molar-refractivity contribution >= 4 is 39.1 Å². The van der Waals surface area contributed by atoms with Crippen molar-refractivity contribution < 1.29 is 18.0 Å². The third kappa shape index (κ3) is 3.90. The molecule has 0 radical (unpaired) electrons. The Balaban J connectivity index is 1.75. The first-order valence-corrected chi connectivity index (χ1v) is 7.91. The number of hydrogen-bond acceptors (Lipinski definition) is 2. The van der Waals surface area contributed by atoms with Gasteiger partial charge in [0.05, 0.1) is 22.9 Å². The van der Waals surface area contributed by atoms with E-state index in [1.54, 1.807) is 24.3 Å². The van der Waals surface area contributed by atoms with Gasteiger partial charge in [0.2, 0.25) is 0 Å². The quantitative estimate of drug-likeness (QED) is 0.682. The molecule has 4 nitrogen and oxygen atoms in total. The standard InChI is InChI=1S/C17H11BrF3N3O/c18-13-4-1-11(2-5-13)16(25)22-7-8-24-10-23-14-9-12(17(19,20)21)3-6-15(14)24/h1-10H,(H,22,25)/b8-7+. The van der Waals surface area contributed by atoms with E-state index in [-0.39, 0.29) is 11.4 Å². The summed E-state index contributed by atoms with van der Waals surface area (Å²) in [6, 6.07) is 10.2. The largest absolute Gasteiger partial charge is 0.416 e. The highest BCUT2D eigenvalue weighted by Gasteiger charge is 2.30. The lowest BCUT2D eigenvalue weighted by atomic mass is 10.2. The molecule has 0 saturated heterocycles. The van der Waals surface area contributed by atoms with Gasteiger partial charge in [0.25, 0.3) is 5.91 Å². The lowest BCUT2D eigenvalue weighted by Gasteiger charge is -2.06. The number of rotatable bonds is 3. The fraction of sp³-hybridized carbons (Fsp3) is 0.0588. The van der Waals surface area contributed by atoms with Crippen molar-refractivity contribution in [3.63, 3.8) is 0 Å². The van der Waals surface area contributed by atoms with E-state index in [4.69, 9.17) is 0 Å². The summed E-state index contributed by atoms with van der Waals surface area (Å²) in [6.45, 7) is 0. The molecule has 0 spiro atoms. The van der Waals surface area contributed by atoms with Crippen molar-refractivity contribution in [2.24, 2.45) is 0 Å². The van der Waals surface area contributed by atoms with Gasteiger partial charge in [-0.15, -0.1) is 0 Å². The zero-order chi connectivity index (χ0) is 18.0. The van der Waals surface area contributed by atoms with Crippen molar-refractivity contribution in [1.29, 1.82) is 0 Å². The van der Waals surface area contributed by atoms with E-state index >= 15 is 0 Å². The molecule has 8 heteroatoms. The number of imidazole rings is 1. The smallest absolute Gasteiger partial charge is 0.327 e. The third-order valence-corrected chi connectivity index (χ3v) is 3.99. The van der Waals surface area contributed by atoms with E-state index in [1.165, 1.54) is 29.4 Å². The summed E-state index contributed by atoms with van der Waals surface area (Å²) in [7, 11) is 0. The lowest BCUT2D eigenvalue weighted by molar-refractivity contribution is -0.137. The van der Waals surface area contributed by atoms with Gasteiger partial charge in [-0.05, 0) is 42.5 Å². The molecule has 1 amide bonds. The number of amides is 1. The molecular formula is C17H11BrF3N3O. The Morgan fingerprint density at radius 1 is 1.16 bits per heavy atom. The summed E-state index contributed by atoms with van der Waals surface area (Å²) in [4.78, 5) is 15.9. The first-order chi connectivity index (χ1) is 11.8. The van der Waals surface area contributed by atoms with Gasteiger partial charge in [0.1, 0.15) is 0 Å². The molecule has 0 fully saturated rings. The van der Waals surface area contributed by atoms with Crippen LogP contribution in [0.1, 0.15) is 15.9 Å². The SMILES string of the molecule is O=C(N/C=C/n1cnc2cc(C(F)(F)F)ccc21)c1ccc(Br)cc1. The van der Waals surface area contributed by atoms with E-state index in [0.29, 0.717) is 11.1 Å². The molecule has 0 saturated carbocycles. The van der Waals surface area contributed by atoms with E-state index in [0.717, 1.165) is 16.6 Å². The predicted octanol–water partition coefficient (Wildman–Crippen LogP) is 4.68. The molecule has 128 valence electrons. The summed E-state index contributed by atoms with van der Waals surface area (Å²) in [5, 5.41) is 2.59. The van der Waals surface area contributed by atoms with Crippen molar-refractivity contribution in [1.82, 2.24) is 14.9 Å². The number of nitrogens with one attached hydrogen (secondary N) is 1. The average Bonchev–Trinajstić information content (AvgIpc) is 2.97. The van der Waals surface area contributed by atoms with Gasteiger partial charge in [-0.1, -0.05) is 15.9 Å². The number of nitrogens with zero attached hydrogens (tertiary/aromatic N) is 2. The Bertz CT molecular complexity index is 946. The van der Waals surface area contributed by atoms with Crippen LogP contribution in [0, 0.1) is 0 Å². The summed E-state index contributed by atoms with van der Waals surface area (Å²) in [6.07, 6.45) is -0.109. The summed E-state index contributed by atoms with van der Waals surface area (Å²) < 4.78 is 40.5. The summed E-state index contributed by atoms with van der Waals surface area (Å²) >= 11 is 3.29. The van der Waals surface area contributed by atoms with E-state index < -0.39 is 11.7 Å². The van der Waals surface area contributed by atoms with Crippen LogP contribution in [0.15, 0.2) is 59.5 Å². The number of carbonyl (C=O) groups excluding carboxylic acids is 1. The average molecular weight is 410 g/mol. The predicted molar refractivity (Wildman–Crippen MR) is 91.7 cm³/mol. The highest BCUT2D eigenvalue weighted by atomic mass is 79.9. The van der Waals surface area contributed by atoms with Gasteiger partial charge in [-0.2, -0.15) is 13.2 Å². The van der Waals surface area contributed by atoms with E-state index in [1.807, 2.05) is 0 Å². The fourth-order valence-corrected chi connectivity index (χ4v) is 2.47. The highest BCUT2D eigenvalue weighted by Crippen LogP contribution is 2.31. The lowest BCUT2D eigenvalue weighted by Crippen LogP contribution is -2.16. The second-order valence-corrected chi connectivity index (χ2v) is 6.06. The van der Waals surface area contributed by atoms with Crippen LogP contribution in [0.5, 0.6) is 0 Å². The molecule has 1 heterocycles. The minimum absolute atomic E-state index is 0.221. The first-order valence-electron chi connectivity index (χ1n) is 7.11. The maximum Gasteiger partial charge on any atom is 0.416 e. The second-order valence-electron chi connectivity index (χ2n) is 5.15. The van der Waals surface area contributed by atoms with Crippen LogP contribution in [-0.2, 0) is 6.18 Å². The number of halogens is 4. The minimum atomic E-state index is -4.41. The van der Waals surface area contributed by atoms with Crippen molar-refractivity contribution in [2.75, 3.05) is 0 Å². The molecule has 2 aromatic carbocycles. The molecule has 0 unspecified atom stereocenters. The Morgan fingerprint density at radius 2 is 1.88 bits per heavy atom. The van der Waals surface area contributed by atoms with Crippen molar-refractivity contribution in [3.8, 4) is 0 Å². The third-order valence-electron chi connectivity index (χ3n) is 3.46. The molecule has 3 aromatic rings. The number of benzene rings is 2. The topological polar surface area (TPSA) is 46.9 Å². The zero-order valence-corrected chi connectivity index (χ0v) is 14.2. The van der Waals surface area contributed by atoms with Crippen LogP contribution in [0.2, 0.25) is 0 Å². The Labute approximate surface area is 149 Å². The summed E-state index contributed by atoms with van der Waals surface area (Å²) in [5.41, 5.74) is 0.455. The van der Waals surface area contributed by atoms with Crippen molar-refractivity contribution in [2.45, 2.75) is 6.18 Å². The van der Waals surface area contributed by atoms with E-state index in [2.05, 4.69) is 26.2 Å². The Morgan fingerprint density at radius 3 is 2.56 bits per heavy atom. The van der Waals surface area contributed by atoms with Gasteiger partial charge >= 0.3 is 6.18 Å². The molecule has 3 rings (SSSR count). The molecule has 0 aliphatic heterocycles. The molecule has 1 N–H and O–H groups in total. The number of hydrogen-bond donors (Lipinski definition) is 1. The second kappa shape index (κ2) is 6.72. The molecule has 0 bridgehead atoms. The van der Waals surface area contributed by atoms with Gasteiger partial charge in [0.15, 0.2) is 0 Å². The first kappa shape index (κ1) is 17.2. The number of fused-ring (bicyclic) bond motifs is 1. The fourth-order valence-electron chi connectivity index (χ4n) is 2.20. The van der Waals surface area contributed by atoms with Crippen LogP contribution in [0.25, 0.3) is 17.2 Å². The van der Waals surface area contributed by atoms with Gasteiger partial charge in [0, 0.05) is 22.4 Å². The molecule has 0 aliphatic carbocycles. The van der Waals surface area contributed by atoms with Gasteiger partial charge in [-0.25, -0.2) is 4.98 Å². The minimum Gasteiger partial charge on any atom is -0.327 e. The summed E-state index contributed by atoms with van der Waals surface area (Å²) in [5.74, 6) is -0.299. The highest BCUT2D eigenvalue weighted by molar-refractivity contribution is 9.10. The molecule has 0 atom stereocenters. The maximum absolute atomic E-state index is 12.7. The number of carbonyl (C=O) groups is 1. The molecule has 25 heavy (non-hydrogen) atoms. The Kier molecular flexibility index (Phi) is 4.63. The maximum atomic E-state index is 12.7. The van der Waals surface area contributed by atoms with Crippen LogP contribution >= 0.6 is 15.9 Å². The van der Waals surface area contributed by atoms with Gasteiger partial charge in [-0.3, -0.25) is 4.79 Å². The van der Waals surface area contributed by atoms with E-state index in [9.17, 15) is 18.0 Å². The van der Waals surface area contributed by atoms with Crippen LogP contribution in [0.4, 0.5) is 13.2 Å². The van der Waals surface area contributed by atoms with Gasteiger partial charge < -0.3 is 9.88 Å². The Hall–Kier alpha value is -2.61. The van der Waals surface area contributed by atoms with Crippen LogP contribution < -0.4 is 5.32 Å². The molecular weight excluding hydrogens is 399 g/mol. The molecule has 1 aromatic heterocycles. The number of alkyl halides is 3. The monoisotopic (exact) mass is 409 g/mol. The van der Waals surface area contributed by atoms with Crippen molar-refractivity contribution in [3.05, 3.63) is 70.6 Å². The zero-order valence-electron chi connectivity index (χ0n) is 12.6. The molecule has 0 aliphatic rings. The number of aromatic nitrogens is 2. The van der Waals surface area contributed by atoms with Crippen LogP contribution in [0.3, 0.4) is 0 Å². The normalized spacial score (nSPS) is 12.0.